The molecule has 0 N–H and O–H groups in total. The molecule has 1 heterocycles. The summed E-state index contributed by atoms with van der Waals surface area (Å²) in [7, 11) is 2.54. The highest BCUT2D eigenvalue weighted by Gasteiger charge is 2.18. The lowest BCUT2D eigenvalue weighted by Crippen LogP contribution is -2.09. The first kappa shape index (κ1) is 13.5. The number of hydrogen-bond donors (Lipinski definition) is 0. The van der Waals surface area contributed by atoms with E-state index in [9.17, 15) is 9.59 Å². The van der Waals surface area contributed by atoms with Crippen molar-refractivity contribution < 1.29 is 19.1 Å². The summed E-state index contributed by atoms with van der Waals surface area (Å²) >= 11 is 3.36. The van der Waals surface area contributed by atoms with Crippen LogP contribution >= 0.6 is 15.9 Å². The van der Waals surface area contributed by atoms with Gasteiger partial charge in [-0.15, -0.1) is 0 Å². The molecule has 0 unspecified atom stereocenters. The zero-order valence-corrected chi connectivity index (χ0v) is 11.9. The van der Waals surface area contributed by atoms with Crippen molar-refractivity contribution in [3.63, 3.8) is 0 Å². The molecule has 2 aromatic rings. The normalized spacial score (nSPS) is 10.3. The van der Waals surface area contributed by atoms with Crippen LogP contribution in [0.15, 0.2) is 28.7 Å². The molecule has 0 radical (unpaired) electrons. The molecule has 19 heavy (non-hydrogen) atoms. The predicted molar refractivity (Wildman–Crippen MR) is 72.1 cm³/mol. The van der Waals surface area contributed by atoms with E-state index in [-0.39, 0.29) is 11.3 Å². The van der Waals surface area contributed by atoms with Crippen molar-refractivity contribution in [3.05, 3.63) is 40.0 Å². The number of carbonyl (C=O) groups is 2. The highest BCUT2D eigenvalue weighted by molar-refractivity contribution is 9.10. The SMILES string of the molecule is COC(=O)c1cc(C(=O)OC)c2c(Br)cccc2n1. The van der Waals surface area contributed by atoms with E-state index in [1.54, 1.807) is 18.2 Å². The number of hydrogen-bond acceptors (Lipinski definition) is 5. The summed E-state index contributed by atoms with van der Waals surface area (Å²) in [4.78, 5) is 27.5. The standard InChI is InChI=1S/C13H10BrNO4/c1-18-12(16)7-6-10(13(17)19-2)15-9-5-3-4-8(14)11(7)9/h3-6H,1-2H3. The molecule has 0 aliphatic rings. The maximum absolute atomic E-state index is 11.8. The molecule has 2 rings (SSSR count). The Bertz CT molecular complexity index is 669. The topological polar surface area (TPSA) is 65.5 Å². The molecule has 5 nitrogen and oxygen atoms in total. The van der Waals surface area contributed by atoms with Crippen LogP contribution in [0.2, 0.25) is 0 Å². The number of nitrogens with zero attached hydrogens (tertiary/aromatic N) is 1. The minimum absolute atomic E-state index is 0.0634. The monoisotopic (exact) mass is 323 g/mol. The Morgan fingerprint density at radius 3 is 2.47 bits per heavy atom. The molecule has 1 aromatic heterocycles. The van der Waals surface area contributed by atoms with E-state index in [4.69, 9.17) is 4.74 Å². The molecule has 1 aromatic carbocycles. The van der Waals surface area contributed by atoms with Gasteiger partial charge in [-0.1, -0.05) is 22.0 Å². The summed E-state index contributed by atoms with van der Waals surface area (Å²) in [5, 5.41) is 0.599. The third-order valence-electron chi connectivity index (χ3n) is 2.58. The lowest BCUT2D eigenvalue weighted by molar-refractivity contribution is 0.0594. The van der Waals surface area contributed by atoms with E-state index >= 15 is 0 Å². The Hall–Kier alpha value is -1.95. The van der Waals surface area contributed by atoms with Crippen LogP contribution < -0.4 is 0 Å². The summed E-state index contributed by atoms with van der Waals surface area (Å²) in [6.45, 7) is 0. The smallest absolute Gasteiger partial charge is 0.356 e. The third kappa shape index (κ3) is 2.44. The van der Waals surface area contributed by atoms with Gasteiger partial charge in [0.2, 0.25) is 0 Å². The first-order valence-corrected chi connectivity index (χ1v) is 6.13. The van der Waals surface area contributed by atoms with Gasteiger partial charge in [-0.2, -0.15) is 0 Å². The van der Waals surface area contributed by atoms with E-state index in [2.05, 4.69) is 25.7 Å². The van der Waals surface area contributed by atoms with Gasteiger partial charge in [0, 0.05) is 9.86 Å². The van der Waals surface area contributed by atoms with Crippen LogP contribution in [0, 0.1) is 0 Å². The second kappa shape index (κ2) is 5.36. The summed E-state index contributed by atoms with van der Waals surface area (Å²) in [6, 6.07) is 6.62. The number of carbonyl (C=O) groups excluding carboxylic acids is 2. The minimum atomic E-state index is -0.605. The van der Waals surface area contributed by atoms with Crippen LogP contribution in [0.3, 0.4) is 0 Å². The number of halogens is 1. The Kier molecular flexibility index (Phi) is 3.80. The summed E-state index contributed by atoms with van der Waals surface area (Å²) in [6.07, 6.45) is 0. The van der Waals surface area contributed by atoms with Gasteiger partial charge in [0.1, 0.15) is 5.69 Å². The van der Waals surface area contributed by atoms with Gasteiger partial charge in [0.25, 0.3) is 0 Å². The fourth-order valence-corrected chi connectivity index (χ4v) is 2.29. The Morgan fingerprint density at radius 1 is 1.16 bits per heavy atom. The number of benzene rings is 1. The first-order valence-electron chi connectivity index (χ1n) is 5.34. The van der Waals surface area contributed by atoms with Gasteiger partial charge in [-0.3, -0.25) is 0 Å². The van der Waals surface area contributed by atoms with Gasteiger partial charge in [0.05, 0.1) is 25.3 Å². The fraction of sp³-hybridized carbons (Fsp3) is 0.154. The van der Waals surface area contributed by atoms with Gasteiger partial charge in [-0.25, -0.2) is 14.6 Å². The number of aromatic nitrogens is 1. The summed E-state index contributed by atoms with van der Waals surface area (Å²) in [5.41, 5.74) is 0.839. The number of ether oxygens (including phenoxy) is 2. The Balaban J connectivity index is 2.80. The highest BCUT2D eigenvalue weighted by atomic mass is 79.9. The van der Waals surface area contributed by atoms with Crippen LogP contribution in [0.25, 0.3) is 10.9 Å². The van der Waals surface area contributed by atoms with Gasteiger partial charge < -0.3 is 9.47 Å². The summed E-state index contributed by atoms with van der Waals surface area (Å²) < 4.78 is 10.0. The molecule has 0 spiro atoms. The number of pyridine rings is 1. The van der Waals surface area contributed by atoms with Crippen molar-refractivity contribution in [2.45, 2.75) is 0 Å². The molecule has 0 saturated carbocycles. The lowest BCUT2D eigenvalue weighted by atomic mass is 10.1. The van der Waals surface area contributed by atoms with Crippen molar-refractivity contribution in [1.29, 1.82) is 0 Å². The van der Waals surface area contributed by atoms with E-state index < -0.39 is 11.9 Å². The van der Waals surface area contributed by atoms with Crippen LogP contribution in [0.5, 0.6) is 0 Å². The van der Waals surface area contributed by atoms with Crippen molar-refractivity contribution in [3.8, 4) is 0 Å². The number of esters is 2. The molecule has 0 amide bonds. The largest absolute Gasteiger partial charge is 0.465 e. The first-order chi connectivity index (χ1) is 9.08. The van der Waals surface area contributed by atoms with Gasteiger partial charge in [-0.05, 0) is 18.2 Å². The molecule has 0 aliphatic carbocycles. The quantitative estimate of drug-likeness (QED) is 0.795. The fourth-order valence-electron chi connectivity index (χ4n) is 1.72. The molecular weight excluding hydrogens is 314 g/mol. The van der Waals surface area contributed by atoms with Gasteiger partial charge in [0.15, 0.2) is 0 Å². The van der Waals surface area contributed by atoms with Crippen LogP contribution in [-0.2, 0) is 9.47 Å². The lowest BCUT2D eigenvalue weighted by Gasteiger charge is -2.08. The molecule has 0 fully saturated rings. The summed E-state index contributed by atoms with van der Waals surface area (Å²) in [5.74, 6) is -1.14. The predicted octanol–water partition coefficient (Wildman–Crippen LogP) is 2.57. The second-order valence-electron chi connectivity index (χ2n) is 3.67. The van der Waals surface area contributed by atoms with Crippen molar-refractivity contribution in [2.75, 3.05) is 14.2 Å². The highest BCUT2D eigenvalue weighted by Crippen LogP contribution is 2.27. The van der Waals surface area contributed by atoms with E-state index in [0.717, 1.165) is 0 Å². The molecule has 0 bridgehead atoms. The van der Waals surface area contributed by atoms with E-state index in [0.29, 0.717) is 15.4 Å². The number of methoxy groups -OCH3 is 2. The molecular formula is C13H10BrNO4. The molecule has 0 aliphatic heterocycles. The molecule has 0 saturated heterocycles. The molecule has 0 atom stereocenters. The number of rotatable bonds is 2. The Labute approximate surface area is 117 Å². The third-order valence-corrected chi connectivity index (χ3v) is 3.24. The number of fused-ring (bicyclic) bond motifs is 1. The Morgan fingerprint density at radius 2 is 1.84 bits per heavy atom. The second-order valence-corrected chi connectivity index (χ2v) is 4.53. The minimum Gasteiger partial charge on any atom is -0.465 e. The van der Waals surface area contributed by atoms with Crippen LogP contribution in [0.4, 0.5) is 0 Å². The average molecular weight is 324 g/mol. The van der Waals surface area contributed by atoms with Crippen molar-refractivity contribution in [1.82, 2.24) is 4.98 Å². The van der Waals surface area contributed by atoms with E-state index in [1.165, 1.54) is 20.3 Å². The van der Waals surface area contributed by atoms with Crippen LogP contribution in [0.1, 0.15) is 20.8 Å². The van der Waals surface area contributed by atoms with E-state index in [1.807, 2.05) is 0 Å². The van der Waals surface area contributed by atoms with Crippen molar-refractivity contribution in [2.24, 2.45) is 0 Å². The van der Waals surface area contributed by atoms with Crippen LogP contribution in [-0.4, -0.2) is 31.1 Å². The molecule has 98 valence electrons. The average Bonchev–Trinajstić information content (AvgIpc) is 2.44. The molecule has 6 heteroatoms. The van der Waals surface area contributed by atoms with Gasteiger partial charge >= 0.3 is 11.9 Å². The van der Waals surface area contributed by atoms with Crippen molar-refractivity contribution >= 4 is 38.8 Å². The zero-order chi connectivity index (χ0) is 14.0. The maximum Gasteiger partial charge on any atom is 0.356 e. The zero-order valence-electron chi connectivity index (χ0n) is 10.3. The maximum atomic E-state index is 11.8.